The molecule has 0 aliphatic carbocycles. The normalized spacial score (nSPS) is 16.9. The molecule has 37 heavy (non-hydrogen) atoms. The van der Waals surface area contributed by atoms with E-state index in [4.69, 9.17) is 0 Å². The third-order valence-corrected chi connectivity index (χ3v) is 8.17. The van der Waals surface area contributed by atoms with E-state index in [0.717, 1.165) is 19.4 Å². The van der Waals surface area contributed by atoms with E-state index in [1.54, 1.807) is 39.1 Å². The smallest absolute Gasteiger partial charge is 0.300 e. The van der Waals surface area contributed by atoms with Gasteiger partial charge in [0.05, 0.1) is 16.9 Å². The molecule has 3 aromatic rings. The van der Waals surface area contributed by atoms with Crippen LogP contribution in [-0.4, -0.2) is 45.2 Å². The molecule has 0 fully saturated rings. The van der Waals surface area contributed by atoms with E-state index in [1.807, 2.05) is 0 Å². The van der Waals surface area contributed by atoms with Crippen molar-refractivity contribution in [1.82, 2.24) is 14.5 Å². The molecule has 11 heteroatoms. The van der Waals surface area contributed by atoms with Crippen LogP contribution in [-0.2, 0) is 22.8 Å². The Kier molecular flexibility index (Phi) is 6.74. The summed E-state index contributed by atoms with van der Waals surface area (Å²) in [4.78, 5) is 22.0. The summed E-state index contributed by atoms with van der Waals surface area (Å²) >= 11 is 0. The van der Waals surface area contributed by atoms with E-state index >= 15 is 0 Å². The topological polar surface area (TPSA) is 114 Å². The van der Waals surface area contributed by atoms with E-state index < -0.39 is 27.4 Å². The Balaban J connectivity index is 1.78. The number of sulfone groups is 1. The lowest BCUT2D eigenvalue weighted by atomic mass is 9.91. The van der Waals surface area contributed by atoms with Gasteiger partial charge in [0.1, 0.15) is 22.8 Å². The van der Waals surface area contributed by atoms with Crippen LogP contribution in [0.4, 0.5) is 14.6 Å². The van der Waals surface area contributed by atoms with Gasteiger partial charge >= 0.3 is 5.92 Å². The quantitative estimate of drug-likeness (QED) is 0.495. The van der Waals surface area contributed by atoms with Crippen molar-refractivity contribution >= 4 is 32.1 Å². The number of benzene rings is 1. The van der Waals surface area contributed by atoms with Crippen LogP contribution in [0.15, 0.2) is 41.2 Å². The van der Waals surface area contributed by atoms with Crippen molar-refractivity contribution in [2.75, 3.05) is 16.8 Å². The number of rotatable bonds is 6. The molecule has 1 aliphatic heterocycles. The minimum atomic E-state index is -3.47. The van der Waals surface area contributed by atoms with Crippen LogP contribution in [0, 0.1) is 6.92 Å². The molecular formula is C26H30F2N4O4S. The number of aryl methyl sites for hydroxylation is 1. The van der Waals surface area contributed by atoms with Crippen molar-refractivity contribution in [3.8, 4) is 0 Å². The van der Waals surface area contributed by atoms with Crippen LogP contribution in [0.5, 0.6) is 0 Å². The zero-order valence-electron chi connectivity index (χ0n) is 21.3. The molecule has 0 unspecified atom stereocenters. The average molecular weight is 533 g/mol. The number of hydrogen-bond acceptors (Lipinski definition) is 7. The Morgan fingerprint density at radius 3 is 2.51 bits per heavy atom. The van der Waals surface area contributed by atoms with E-state index in [1.165, 1.54) is 22.8 Å². The predicted molar refractivity (Wildman–Crippen MR) is 139 cm³/mol. The number of allylic oxidation sites excluding steroid dienone is 1. The molecule has 2 N–H and O–H groups in total. The zero-order valence-corrected chi connectivity index (χ0v) is 22.2. The van der Waals surface area contributed by atoms with Gasteiger partial charge in [0, 0.05) is 24.3 Å². The molecule has 0 amide bonds. The van der Waals surface area contributed by atoms with Gasteiger partial charge in [-0.15, -0.1) is 0 Å². The Morgan fingerprint density at radius 2 is 1.89 bits per heavy atom. The monoisotopic (exact) mass is 532 g/mol. The standard InChI is InChI=1S/C26H30F2N4O4S/c1-15(18-7-6-8-19(13-18)26(27,28)25(3,4)34)29-23-20-14-21(17-9-11-37(35,36)12-10-17)32(5)24(33)22(20)30-16(2)31-23/h6-9,13-15,34H,10-12H2,1-5H3,(H,29,30,31)/t15-/m1/s1. The number of alkyl halides is 2. The van der Waals surface area contributed by atoms with Crippen LogP contribution in [0.25, 0.3) is 16.5 Å². The van der Waals surface area contributed by atoms with Crippen LogP contribution in [0.1, 0.15) is 55.9 Å². The molecule has 2 aromatic heterocycles. The summed E-state index contributed by atoms with van der Waals surface area (Å²) in [6, 6.07) is 7.07. The largest absolute Gasteiger partial charge is 0.384 e. The maximum atomic E-state index is 14.8. The van der Waals surface area contributed by atoms with E-state index in [2.05, 4.69) is 15.3 Å². The lowest BCUT2D eigenvalue weighted by molar-refractivity contribution is -0.168. The van der Waals surface area contributed by atoms with Crippen molar-refractivity contribution in [1.29, 1.82) is 0 Å². The number of halogens is 2. The van der Waals surface area contributed by atoms with Gasteiger partial charge in [-0.05, 0) is 57.4 Å². The van der Waals surface area contributed by atoms with E-state index in [9.17, 15) is 27.1 Å². The van der Waals surface area contributed by atoms with E-state index in [0.29, 0.717) is 28.3 Å². The van der Waals surface area contributed by atoms with Gasteiger partial charge in [-0.3, -0.25) is 4.79 Å². The lowest BCUT2D eigenvalue weighted by Gasteiger charge is -2.30. The molecule has 0 saturated carbocycles. The summed E-state index contributed by atoms with van der Waals surface area (Å²) in [5.41, 5.74) is -0.860. The number of anilines is 1. The Bertz CT molecular complexity index is 1570. The number of fused-ring (bicyclic) bond motifs is 1. The minimum absolute atomic E-state index is 0.00319. The second kappa shape index (κ2) is 9.29. The van der Waals surface area contributed by atoms with Crippen molar-refractivity contribution in [3.05, 3.63) is 69.4 Å². The first-order valence-corrected chi connectivity index (χ1v) is 13.7. The number of pyridine rings is 1. The first kappa shape index (κ1) is 26.9. The zero-order chi connectivity index (χ0) is 27.3. The first-order chi connectivity index (χ1) is 17.1. The molecule has 3 heterocycles. The number of aromatic nitrogens is 3. The molecule has 0 spiro atoms. The molecule has 0 radical (unpaired) electrons. The minimum Gasteiger partial charge on any atom is -0.384 e. The predicted octanol–water partition coefficient (Wildman–Crippen LogP) is 3.87. The van der Waals surface area contributed by atoms with Crippen molar-refractivity contribution in [2.45, 2.75) is 51.7 Å². The molecule has 4 rings (SSSR count). The van der Waals surface area contributed by atoms with Crippen LogP contribution < -0.4 is 10.9 Å². The summed E-state index contributed by atoms with van der Waals surface area (Å²) in [6.07, 6.45) is 1.91. The van der Waals surface area contributed by atoms with Crippen LogP contribution in [0.2, 0.25) is 0 Å². The van der Waals surface area contributed by atoms with Gasteiger partial charge in [0.25, 0.3) is 5.56 Å². The fourth-order valence-corrected chi connectivity index (χ4v) is 5.51. The second-order valence-electron chi connectivity index (χ2n) is 9.99. The summed E-state index contributed by atoms with van der Waals surface area (Å²) in [7, 11) is -1.53. The second-order valence-corrected chi connectivity index (χ2v) is 12.2. The summed E-state index contributed by atoms with van der Waals surface area (Å²) < 4.78 is 54.8. The molecule has 0 bridgehead atoms. The van der Waals surface area contributed by atoms with Gasteiger partial charge < -0.3 is 15.0 Å². The van der Waals surface area contributed by atoms with Gasteiger partial charge in [0.2, 0.25) is 0 Å². The highest BCUT2D eigenvalue weighted by Gasteiger charge is 2.47. The molecule has 1 atom stereocenters. The van der Waals surface area contributed by atoms with Crippen molar-refractivity contribution in [3.63, 3.8) is 0 Å². The Labute approximate surface area is 214 Å². The lowest BCUT2D eigenvalue weighted by Crippen LogP contribution is -2.40. The van der Waals surface area contributed by atoms with Crippen molar-refractivity contribution < 1.29 is 22.3 Å². The third kappa shape index (κ3) is 5.15. The number of nitrogens with zero attached hydrogens (tertiary/aromatic N) is 3. The maximum Gasteiger partial charge on any atom is 0.300 e. The molecule has 1 aliphatic rings. The SMILES string of the molecule is Cc1nc(N[C@H](C)c2cccc(C(F)(F)C(C)(C)O)c2)c2cc(C3=CCS(=O)(=O)CC3)n(C)c(=O)c2n1. The van der Waals surface area contributed by atoms with Gasteiger partial charge in [-0.2, -0.15) is 8.78 Å². The molecular weight excluding hydrogens is 502 g/mol. The summed E-state index contributed by atoms with van der Waals surface area (Å²) in [6.45, 7) is 5.56. The molecule has 198 valence electrons. The van der Waals surface area contributed by atoms with E-state index in [-0.39, 0.29) is 34.6 Å². The highest BCUT2D eigenvalue weighted by atomic mass is 32.2. The molecule has 8 nitrogen and oxygen atoms in total. The number of aliphatic hydroxyl groups is 1. The van der Waals surface area contributed by atoms with Crippen LogP contribution >= 0.6 is 0 Å². The molecule has 0 saturated heterocycles. The summed E-state index contributed by atoms with van der Waals surface area (Å²) in [5, 5.41) is 13.6. The highest BCUT2D eigenvalue weighted by molar-refractivity contribution is 7.91. The number of hydrogen-bond donors (Lipinski definition) is 2. The fourth-order valence-electron chi connectivity index (χ4n) is 4.36. The maximum absolute atomic E-state index is 14.8. The Hall–Kier alpha value is -3.18. The first-order valence-electron chi connectivity index (χ1n) is 11.9. The third-order valence-electron chi connectivity index (χ3n) is 6.67. The van der Waals surface area contributed by atoms with Gasteiger partial charge in [-0.25, -0.2) is 18.4 Å². The fraction of sp³-hybridized carbons (Fsp3) is 0.423. The average Bonchev–Trinajstić information content (AvgIpc) is 2.81. The van der Waals surface area contributed by atoms with Gasteiger partial charge in [0.15, 0.2) is 9.84 Å². The highest BCUT2D eigenvalue weighted by Crippen LogP contribution is 2.39. The van der Waals surface area contributed by atoms with Crippen molar-refractivity contribution in [2.24, 2.45) is 7.05 Å². The number of nitrogens with one attached hydrogen (secondary N) is 1. The van der Waals surface area contributed by atoms with Crippen LogP contribution in [0.3, 0.4) is 0 Å². The Morgan fingerprint density at radius 1 is 1.19 bits per heavy atom. The summed E-state index contributed by atoms with van der Waals surface area (Å²) in [5.74, 6) is -2.84. The molecule has 1 aromatic carbocycles. The van der Waals surface area contributed by atoms with Gasteiger partial charge in [-0.1, -0.05) is 24.3 Å².